The maximum atomic E-state index is 13.2. The molecule has 25 heavy (non-hydrogen) atoms. The number of fused-ring (bicyclic) bond motifs is 1. The van der Waals surface area contributed by atoms with Crippen molar-refractivity contribution in [3.8, 4) is 6.01 Å². The van der Waals surface area contributed by atoms with Crippen LogP contribution in [0.2, 0.25) is 0 Å². The quantitative estimate of drug-likeness (QED) is 0.789. The van der Waals surface area contributed by atoms with Gasteiger partial charge in [0, 0.05) is 12.5 Å². The van der Waals surface area contributed by atoms with Crippen molar-refractivity contribution in [3.63, 3.8) is 0 Å². The van der Waals surface area contributed by atoms with Gasteiger partial charge in [-0.25, -0.2) is 4.39 Å². The smallest absolute Gasteiger partial charge is 0.297 e. The molecule has 0 bridgehead atoms. The highest BCUT2D eigenvalue weighted by Gasteiger charge is 2.25. The SMILES string of the molecule is C[C@@H]1CNCC[C@@H]1Oc1nc2ccccc2n1Cc1ccc(F)cc1. The van der Waals surface area contributed by atoms with Crippen LogP contribution in [0, 0.1) is 11.7 Å². The topological polar surface area (TPSA) is 39.1 Å². The summed E-state index contributed by atoms with van der Waals surface area (Å²) >= 11 is 0. The molecule has 1 saturated heterocycles. The first-order valence-electron chi connectivity index (χ1n) is 8.78. The van der Waals surface area contributed by atoms with Gasteiger partial charge in [0.1, 0.15) is 11.9 Å². The third kappa shape index (κ3) is 3.37. The highest BCUT2D eigenvalue weighted by molar-refractivity contribution is 5.76. The van der Waals surface area contributed by atoms with Gasteiger partial charge >= 0.3 is 0 Å². The lowest BCUT2D eigenvalue weighted by Gasteiger charge is -2.29. The van der Waals surface area contributed by atoms with Crippen LogP contribution < -0.4 is 10.1 Å². The van der Waals surface area contributed by atoms with Gasteiger partial charge < -0.3 is 10.1 Å². The second-order valence-electron chi connectivity index (χ2n) is 6.72. The number of imidazole rings is 1. The van der Waals surface area contributed by atoms with Gasteiger partial charge in [0.2, 0.25) is 0 Å². The Morgan fingerprint density at radius 1 is 1.20 bits per heavy atom. The van der Waals surface area contributed by atoms with Gasteiger partial charge in [0.05, 0.1) is 17.6 Å². The van der Waals surface area contributed by atoms with Gasteiger partial charge in [0.15, 0.2) is 0 Å². The molecule has 3 aromatic rings. The fourth-order valence-electron chi connectivity index (χ4n) is 3.37. The van der Waals surface area contributed by atoms with Crippen molar-refractivity contribution in [1.82, 2.24) is 14.9 Å². The van der Waals surface area contributed by atoms with Crippen LogP contribution in [0.1, 0.15) is 18.9 Å². The third-order valence-corrected chi connectivity index (χ3v) is 4.84. The molecule has 1 aliphatic rings. The molecule has 1 aliphatic heterocycles. The zero-order chi connectivity index (χ0) is 17.2. The van der Waals surface area contributed by atoms with E-state index in [-0.39, 0.29) is 11.9 Å². The Morgan fingerprint density at radius 3 is 2.80 bits per heavy atom. The predicted octanol–water partition coefficient (Wildman–Crippen LogP) is 3.60. The monoisotopic (exact) mass is 339 g/mol. The summed E-state index contributed by atoms with van der Waals surface area (Å²) in [5.74, 6) is 0.215. The number of rotatable bonds is 4. The first kappa shape index (κ1) is 16.1. The molecular weight excluding hydrogens is 317 g/mol. The molecule has 1 N–H and O–H groups in total. The van der Waals surface area contributed by atoms with E-state index in [0.717, 1.165) is 36.1 Å². The highest BCUT2D eigenvalue weighted by atomic mass is 19.1. The first-order chi connectivity index (χ1) is 12.2. The number of nitrogens with zero attached hydrogens (tertiary/aromatic N) is 2. The Labute approximate surface area is 146 Å². The van der Waals surface area contributed by atoms with E-state index in [2.05, 4.69) is 16.8 Å². The summed E-state index contributed by atoms with van der Waals surface area (Å²) in [6.45, 7) is 4.73. The molecule has 4 rings (SSSR count). The first-order valence-corrected chi connectivity index (χ1v) is 8.78. The zero-order valence-corrected chi connectivity index (χ0v) is 14.3. The summed E-state index contributed by atoms with van der Waals surface area (Å²) in [6.07, 6.45) is 1.13. The Balaban J connectivity index is 1.68. The van der Waals surface area contributed by atoms with Crippen LogP contribution in [0.5, 0.6) is 6.01 Å². The van der Waals surface area contributed by atoms with Crippen LogP contribution in [0.25, 0.3) is 11.0 Å². The van der Waals surface area contributed by atoms with Gasteiger partial charge in [-0.3, -0.25) is 4.57 Å². The normalized spacial score (nSPS) is 20.7. The number of para-hydroxylation sites is 2. The fraction of sp³-hybridized carbons (Fsp3) is 0.350. The second kappa shape index (κ2) is 6.84. The molecule has 0 amide bonds. The van der Waals surface area contributed by atoms with Crippen molar-refractivity contribution in [1.29, 1.82) is 0 Å². The number of ether oxygens (including phenoxy) is 1. The molecule has 5 heteroatoms. The van der Waals surface area contributed by atoms with Crippen LogP contribution in [-0.2, 0) is 6.54 Å². The van der Waals surface area contributed by atoms with Gasteiger partial charge in [0.25, 0.3) is 6.01 Å². The minimum Gasteiger partial charge on any atom is -0.461 e. The van der Waals surface area contributed by atoms with Crippen molar-refractivity contribution in [2.75, 3.05) is 13.1 Å². The number of benzene rings is 2. The van der Waals surface area contributed by atoms with Crippen molar-refractivity contribution >= 4 is 11.0 Å². The van der Waals surface area contributed by atoms with E-state index < -0.39 is 0 Å². The number of aromatic nitrogens is 2. The van der Waals surface area contributed by atoms with Crippen LogP contribution in [0.4, 0.5) is 4.39 Å². The maximum absolute atomic E-state index is 13.2. The highest BCUT2D eigenvalue weighted by Crippen LogP contribution is 2.26. The lowest BCUT2D eigenvalue weighted by Crippen LogP contribution is -2.41. The minimum atomic E-state index is -0.223. The minimum absolute atomic E-state index is 0.157. The predicted molar refractivity (Wildman–Crippen MR) is 96.3 cm³/mol. The molecule has 0 radical (unpaired) electrons. The molecule has 2 heterocycles. The van der Waals surface area contributed by atoms with Gasteiger partial charge in [-0.15, -0.1) is 0 Å². The Kier molecular flexibility index (Phi) is 4.40. The molecule has 1 fully saturated rings. The maximum Gasteiger partial charge on any atom is 0.297 e. The van der Waals surface area contributed by atoms with Crippen LogP contribution in [0.15, 0.2) is 48.5 Å². The lowest BCUT2D eigenvalue weighted by molar-refractivity contribution is 0.0976. The summed E-state index contributed by atoms with van der Waals surface area (Å²) in [6, 6.07) is 15.3. The summed E-state index contributed by atoms with van der Waals surface area (Å²) in [5.41, 5.74) is 2.97. The molecule has 0 spiro atoms. The number of halogens is 1. The molecule has 0 unspecified atom stereocenters. The molecule has 2 aromatic carbocycles. The molecule has 4 nitrogen and oxygen atoms in total. The van der Waals surface area contributed by atoms with Crippen LogP contribution >= 0.6 is 0 Å². The van der Waals surface area contributed by atoms with Crippen molar-refractivity contribution in [2.24, 2.45) is 5.92 Å². The largest absolute Gasteiger partial charge is 0.461 e. The van der Waals surface area contributed by atoms with E-state index in [9.17, 15) is 4.39 Å². The molecule has 0 aliphatic carbocycles. The van der Waals surface area contributed by atoms with Gasteiger partial charge in [-0.2, -0.15) is 4.98 Å². The standard InChI is InChI=1S/C20H22FN3O/c1-14-12-22-11-10-19(14)25-20-23-17-4-2-3-5-18(17)24(20)13-15-6-8-16(21)9-7-15/h2-9,14,19,22H,10-13H2,1H3/t14-,19+/m1/s1. The summed E-state index contributed by atoms with van der Waals surface area (Å²) in [7, 11) is 0. The summed E-state index contributed by atoms with van der Waals surface area (Å²) in [4.78, 5) is 4.70. The molecule has 2 atom stereocenters. The van der Waals surface area contributed by atoms with Crippen LogP contribution in [0.3, 0.4) is 0 Å². The lowest BCUT2D eigenvalue weighted by atomic mass is 9.98. The average molecular weight is 339 g/mol. The third-order valence-electron chi connectivity index (χ3n) is 4.84. The van der Waals surface area contributed by atoms with E-state index in [4.69, 9.17) is 9.72 Å². The molecule has 1 aromatic heterocycles. The zero-order valence-electron chi connectivity index (χ0n) is 14.3. The van der Waals surface area contributed by atoms with E-state index in [0.29, 0.717) is 18.5 Å². The van der Waals surface area contributed by atoms with Crippen molar-refractivity contribution < 1.29 is 9.13 Å². The van der Waals surface area contributed by atoms with E-state index in [1.54, 1.807) is 12.1 Å². The Hall–Kier alpha value is -2.40. The average Bonchev–Trinajstić information content (AvgIpc) is 2.96. The Bertz CT molecular complexity index is 859. The Morgan fingerprint density at radius 2 is 2.00 bits per heavy atom. The fourth-order valence-corrected chi connectivity index (χ4v) is 3.37. The summed E-state index contributed by atoms with van der Waals surface area (Å²) in [5, 5.41) is 3.39. The number of piperidine rings is 1. The number of nitrogens with one attached hydrogen (secondary N) is 1. The molecule has 0 saturated carbocycles. The van der Waals surface area contributed by atoms with Crippen molar-refractivity contribution in [3.05, 3.63) is 59.9 Å². The van der Waals surface area contributed by atoms with E-state index in [1.165, 1.54) is 12.1 Å². The number of hydrogen-bond acceptors (Lipinski definition) is 3. The van der Waals surface area contributed by atoms with E-state index >= 15 is 0 Å². The second-order valence-corrected chi connectivity index (χ2v) is 6.72. The van der Waals surface area contributed by atoms with E-state index in [1.807, 2.05) is 24.3 Å². The summed E-state index contributed by atoms with van der Waals surface area (Å²) < 4.78 is 21.6. The molecular formula is C20H22FN3O. The van der Waals surface area contributed by atoms with Gasteiger partial charge in [-0.05, 0) is 42.8 Å². The molecule has 130 valence electrons. The number of hydrogen-bond donors (Lipinski definition) is 1. The van der Waals surface area contributed by atoms with Crippen LogP contribution in [-0.4, -0.2) is 28.7 Å². The van der Waals surface area contributed by atoms with Gasteiger partial charge in [-0.1, -0.05) is 31.2 Å². The van der Waals surface area contributed by atoms with Crippen molar-refractivity contribution in [2.45, 2.75) is 26.0 Å².